The third kappa shape index (κ3) is 3.38. The van der Waals surface area contributed by atoms with Crippen LogP contribution in [0.25, 0.3) is 0 Å². The minimum atomic E-state index is -0.776. The second kappa shape index (κ2) is 6.06. The third-order valence-electron chi connectivity index (χ3n) is 4.10. The van der Waals surface area contributed by atoms with Gasteiger partial charge in [0.1, 0.15) is 11.4 Å². The summed E-state index contributed by atoms with van der Waals surface area (Å²) in [5.41, 5.74) is 1.97. The molecule has 0 saturated heterocycles. The van der Waals surface area contributed by atoms with Crippen LogP contribution in [0.4, 0.5) is 0 Å². The highest BCUT2D eigenvalue weighted by atomic mass is 16.5. The number of carbonyl (C=O) groups is 1. The molecule has 0 fully saturated rings. The third-order valence-corrected chi connectivity index (χ3v) is 4.10. The molecule has 4 nitrogen and oxygen atoms in total. The lowest BCUT2D eigenvalue weighted by molar-refractivity contribution is -0.138. The number of fused-ring (bicyclic) bond motifs is 1. The Balaban J connectivity index is 2.42. The summed E-state index contributed by atoms with van der Waals surface area (Å²) in [5.74, 6) is 0.113. The van der Waals surface area contributed by atoms with Crippen molar-refractivity contribution in [1.82, 2.24) is 4.90 Å². The quantitative estimate of drug-likeness (QED) is 0.874. The summed E-state index contributed by atoms with van der Waals surface area (Å²) in [6, 6.07) is 5.96. The van der Waals surface area contributed by atoms with Gasteiger partial charge in [-0.1, -0.05) is 32.0 Å². The molecule has 0 aromatic heterocycles. The van der Waals surface area contributed by atoms with Gasteiger partial charge in [0, 0.05) is 18.0 Å². The Kier molecular flexibility index (Phi) is 4.57. The number of nitrogens with zero attached hydrogens (tertiary/aromatic N) is 1. The molecule has 0 bridgehead atoms. The molecule has 0 amide bonds. The number of aliphatic carboxylic acids is 1. The maximum absolute atomic E-state index is 11.3. The van der Waals surface area contributed by atoms with Gasteiger partial charge >= 0.3 is 5.97 Å². The Morgan fingerprint density at radius 1 is 1.38 bits per heavy atom. The Labute approximate surface area is 126 Å². The highest BCUT2D eigenvalue weighted by Crippen LogP contribution is 2.42. The van der Waals surface area contributed by atoms with Crippen molar-refractivity contribution in [2.24, 2.45) is 0 Å². The predicted octanol–water partition coefficient (Wildman–Crippen LogP) is 3.26. The van der Waals surface area contributed by atoms with Crippen molar-refractivity contribution in [3.8, 4) is 5.75 Å². The van der Waals surface area contributed by atoms with Crippen LogP contribution in [0, 0.1) is 0 Å². The first kappa shape index (κ1) is 15.8. The van der Waals surface area contributed by atoms with Gasteiger partial charge in [0.25, 0.3) is 0 Å². The predicted molar refractivity (Wildman–Crippen MR) is 82.8 cm³/mol. The Hall–Kier alpha value is -1.55. The van der Waals surface area contributed by atoms with Crippen molar-refractivity contribution in [1.29, 1.82) is 0 Å². The van der Waals surface area contributed by atoms with Crippen LogP contribution in [0.5, 0.6) is 5.75 Å². The molecule has 21 heavy (non-hydrogen) atoms. The van der Waals surface area contributed by atoms with Crippen LogP contribution in [-0.2, 0) is 11.2 Å². The average Bonchev–Trinajstić information content (AvgIpc) is 2.72. The summed E-state index contributed by atoms with van der Waals surface area (Å²) < 4.78 is 6.11. The van der Waals surface area contributed by atoms with Crippen molar-refractivity contribution < 1.29 is 14.6 Å². The summed E-state index contributed by atoms with van der Waals surface area (Å²) >= 11 is 0. The van der Waals surface area contributed by atoms with Gasteiger partial charge in [0.05, 0.1) is 6.42 Å². The van der Waals surface area contributed by atoms with E-state index in [0.717, 1.165) is 30.8 Å². The molecular formula is C17H25NO3. The number of benzene rings is 1. The molecular weight excluding hydrogens is 266 g/mol. The van der Waals surface area contributed by atoms with Crippen LogP contribution >= 0.6 is 0 Å². The van der Waals surface area contributed by atoms with E-state index in [4.69, 9.17) is 4.74 Å². The van der Waals surface area contributed by atoms with Gasteiger partial charge in [-0.2, -0.15) is 0 Å². The molecule has 1 heterocycles. The van der Waals surface area contributed by atoms with Crippen molar-refractivity contribution >= 4 is 5.97 Å². The van der Waals surface area contributed by atoms with Gasteiger partial charge in [0.2, 0.25) is 0 Å². The van der Waals surface area contributed by atoms with Crippen LogP contribution < -0.4 is 4.74 Å². The van der Waals surface area contributed by atoms with Gasteiger partial charge < -0.3 is 9.84 Å². The van der Waals surface area contributed by atoms with E-state index in [0.29, 0.717) is 0 Å². The monoisotopic (exact) mass is 291 g/mol. The second-order valence-corrected chi connectivity index (χ2v) is 6.21. The number of hydrogen-bond acceptors (Lipinski definition) is 3. The maximum atomic E-state index is 11.3. The highest BCUT2D eigenvalue weighted by Gasteiger charge is 2.34. The van der Waals surface area contributed by atoms with Gasteiger partial charge in [0.15, 0.2) is 0 Å². The fraction of sp³-hybridized carbons (Fsp3) is 0.588. The summed E-state index contributed by atoms with van der Waals surface area (Å²) in [6.45, 7) is 9.91. The van der Waals surface area contributed by atoms with Gasteiger partial charge in [-0.15, -0.1) is 0 Å². The van der Waals surface area contributed by atoms with E-state index in [2.05, 4.69) is 38.7 Å². The number of para-hydroxylation sites is 1. The fourth-order valence-corrected chi connectivity index (χ4v) is 3.17. The molecule has 1 N–H and O–H groups in total. The van der Waals surface area contributed by atoms with Crippen LogP contribution in [0.2, 0.25) is 0 Å². The number of carboxylic acids is 1. The second-order valence-electron chi connectivity index (χ2n) is 6.21. The van der Waals surface area contributed by atoms with E-state index in [1.165, 1.54) is 5.56 Å². The molecule has 0 spiro atoms. The first-order valence-corrected chi connectivity index (χ1v) is 7.64. The SMILES string of the molecule is CCN(CC)C(CC(=O)O)c1cccc2c1OC(C)(C)C2. The molecule has 1 aromatic carbocycles. The van der Waals surface area contributed by atoms with E-state index in [9.17, 15) is 9.90 Å². The number of ether oxygens (including phenoxy) is 1. The number of carboxylic acid groups (broad SMARTS) is 1. The Bertz CT molecular complexity index is 521. The average molecular weight is 291 g/mol. The molecule has 1 unspecified atom stereocenters. The topological polar surface area (TPSA) is 49.8 Å². The van der Waals surface area contributed by atoms with E-state index in [1.54, 1.807) is 0 Å². The van der Waals surface area contributed by atoms with E-state index in [1.807, 2.05) is 12.1 Å². The zero-order chi connectivity index (χ0) is 15.6. The first-order valence-electron chi connectivity index (χ1n) is 7.64. The minimum Gasteiger partial charge on any atom is -0.487 e. The van der Waals surface area contributed by atoms with Crippen molar-refractivity contribution in [3.63, 3.8) is 0 Å². The van der Waals surface area contributed by atoms with E-state index in [-0.39, 0.29) is 18.1 Å². The van der Waals surface area contributed by atoms with Gasteiger partial charge in [-0.3, -0.25) is 9.69 Å². The zero-order valence-electron chi connectivity index (χ0n) is 13.3. The molecule has 116 valence electrons. The Morgan fingerprint density at radius 2 is 2.05 bits per heavy atom. The molecule has 1 aromatic rings. The summed E-state index contributed by atoms with van der Waals surface area (Å²) in [7, 11) is 0. The van der Waals surface area contributed by atoms with Crippen molar-refractivity contribution in [2.75, 3.05) is 13.1 Å². The molecule has 2 rings (SSSR count). The standard InChI is InChI=1S/C17H25NO3/c1-5-18(6-2)14(10-15(19)20)13-9-7-8-12-11-17(3,4)21-16(12)13/h7-9,14H,5-6,10-11H2,1-4H3,(H,19,20). The highest BCUT2D eigenvalue weighted by molar-refractivity contribution is 5.68. The molecule has 1 atom stereocenters. The van der Waals surface area contributed by atoms with E-state index < -0.39 is 5.97 Å². The van der Waals surface area contributed by atoms with Crippen molar-refractivity contribution in [2.45, 2.75) is 52.2 Å². The van der Waals surface area contributed by atoms with Gasteiger partial charge in [-0.05, 0) is 32.5 Å². The number of rotatable bonds is 6. The summed E-state index contributed by atoms with van der Waals surface area (Å²) in [4.78, 5) is 13.5. The largest absolute Gasteiger partial charge is 0.487 e. The number of hydrogen-bond donors (Lipinski definition) is 1. The van der Waals surface area contributed by atoms with Crippen LogP contribution in [0.15, 0.2) is 18.2 Å². The normalized spacial score (nSPS) is 17.4. The molecule has 1 aliphatic rings. The lowest BCUT2D eigenvalue weighted by Crippen LogP contribution is -2.31. The van der Waals surface area contributed by atoms with Crippen LogP contribution in [0.1, 0.15) is 51.3 Å². The van der Waals surface area contributed by atoms with Gasteiger partial charge in [-0.25, -0.2) is 0 Å². The van der Waals surface area contributed by atoms with Crippen LogP contribution in [0.3, 0.4) is 0 Å². The molecule has 0 radical (unpaired) electrons. The molecule has 1 aliphatic heterocycles. The lowest BCUT2D eigenvalue weighted by Gasteiger charge is -2.30. The zero-order valence-corrected chi connectivity index (χ0v) is 13.3. The van der Waals surface area contributed by atoms with Crippen LogP contribution in [-0.4, -0.2) is 34.7 Å². The molecule has 0 aliphatic carbocycles. The fourth-order valence-electron chi connectivity index (χ4n) is 3.17. The minimum absolute atomic E-state index is 0.0991. The molecule has 4 heteroatoms. The summed E-state index contributed by atoms with van der Waals surface area (Å²) in [5, 5.41) is 9.27. The Morgan fingerprint density at radius 3 is 2.62 bits per heavy atom. The maximum Gasteiger partial charge on any atom is 0.305 e. The lowest BCUT2D eigenvalue weighted by atomic mass is 9.96. The molecule has 0 saturated carbocycles. The van der Waals surface area contributed by atoms with E-state index >= 15 is 0 Å². The summed E-state index contributed by atoms with van der Waals surface area (Å²) in [6.07, 6.45) is 0.968. The van der Waals surface area contributed by atoms with Crippen molar-refractivity contribution in [3.05, 3.63) is 29.3 Å². The smallest absolute Gasteiger partial charge is 0.305 e. The first-order chi connectivity index (χ1) is 9.88.